The van der Waals surface area contributed by atoms with E-state index in [0.29, 0.717) is 11.9 Å². The third-order valence-corrected chi connectivity index (χ3v) is 4.51. The van der Waals surface area contributed by atoms with Gasteiger partial charge in [-0.3, -0.25) is 15.0 Å². The topological polar surface area (TPSA) is 88.5 Å². The molecule has 0 saturated carbocycles. The Balaban J connectivity index is 1.87. The van der Waals surface area contributed by atoms with Gasteiger partial charge in [0.2, 0.25) is 0 Å². The quantitative estimate of drug-likeness (QED) is 0.658. The Bertz CT molecular complexity index is 550. The molecule has 0 aromatic carbocycles. The molecule has 0 aliphatic carbocycles. The van der Waals surface area contributed by atoms with Crippen molar-refractivity contribution in [2.24, 2.45) is 0 Å². The zero-order chi connectivity index (χ0) is 15.0. The van der Waals surface area contributed by atoms with Crippen molar-refractivity contribution in [2.45, 2.75) is 38.3 Å². The molecule has 2 saturated heterocycles. The van der Waals surface area contributed by atoms with Gasteiger partial charge in [-0.2, -0.15) is 0 Å². The molecule has 114 valence electrons. The number of anilines is 2. The molecular formula is C14H21N5O2. The van der Waals surface area contributed by atoms with Crippen LogP contribution >= 0.6 is 0 Å². The average molecular weight is 291 g/mol. The van der Waals surface area contributed by atoms with Gasteiger partial charge in [0.15, 0.2) is 0 Å². The van der Waals surface area contributed by atoms with Crippen molar-refractivity contribution in [1.29, 1.82) is 0 Å². The summed E-state index contributed by atoms with van der Waals surface area (Å²) in [6, 6.07) is 3.65. The summed E-state index contributed by atoms with van der Waals surface area (Å²) in [6.07, 6.45) is 3.72. The van der Waals surface area contributed by atoms with Crippen LogP contribution < -0.4 is 10.6 Å². The van der Waals surface area contributed by atoms with Crippen LogP contribution in [0.5, 0.6) is 0 Å². The number of aromatic nitrogens is 1. The van der Waals surface area contributed by atoms with Crippen LogP contribution in [0.25, 0.3) is 0 Å². The van der Waals surface area contributed by atoms with Gasteiger partial charge in [-0.05, 0) is 26.3 Å². The molecule has 0 spiro atoms. The zero-order valence-corrected chi connectivity index (χ0v) is 12.2. The molecule has 7 heteroatoms. The number of hydrogen-bond donors (Lipinski definition) is 1. The first-order valence-electron chi connectivity index (χ1n) is 7.47. The van der Waals surface area contributed by atoms with Crippen molar-refractivity contribution in [3.63, 3.8) is 0 Å². The van der Waals surface area contributed by atoms with E-state index in [1.165, 1.54) is 31.4 Å². The lowest BCUT2D eigenvalue weighted by Gasteiger charge is -2.47. The van der Waals surface area contributed by atoms with E-state index in [-0.39, 0.29) is 17.5 Å². The highest BCUT2D eigenvalue weighted by Gasteiger charge is 2.34. The standard InChI is InChI=1S/C14H21N5O2/c1-10-8-17-5-3-2-4-11(17)9-18(10)14-7-12(19(20)21)6-13(15)16-14/h6-7,10-11H,2-5,8-9H2,1H3,(H2,15,16). The average Bonchev–Trinajstić information content (AvgIpc) is 2.45. The molecular weight excluding hydrogens is 270 g/mol. The molecule has 2 fully saturated rings. The van der Waals surface area contributed by atoms with Crippen molar-refractivity contribution in [3.8, 4) is 0 Å². The van der Waals surface area contributed by atoms with Gasteiger partial charge in [0.05, 0.1) is 17.1 Å². The minimum atomic E-state index is -0.414. The Morgan fingerprint density at radius 3 is 2.95 bits per heavy atom. The second-order valence-electron chi connectivity index (χ2n) is 6.01. The number of piperidine rings is 1. The van der Waals surface area contributed by atoms with Crippen LogP contribution in [0.3, 0.4) is 0 Å². The Hall–Kier alpha value is -1.89. The van der Waals surface area contributed by atoms with Crippen molar-refractivity contribution in [2.75, 3.05) is 30.3 Å². The van der Waals surface area contributed by atoms with E-state index in [1.54, 1.807) is 0 Å². The van der Waals surface area contributed by atoms with Crippen LogP contribution in [-0.2, 0) is 0 Å². The summed E-state index contributed by atoms with van der Waals surface area (Å²) in [5.41, 5.74) is 5.74. The summed E-state index contributed by atoms with van der Waals surface area (Å²) in [5, 5.41) is 11.0. The summed E-state index contributed by atoms with van der Waals surface area (Å²) >= 11 is 0. The van der Waals surface area contributed by atoms with Gasteiger partial charge in [0.1, 0.15) is 11.6 Å². The monoisotopic (exact) mass is 291 g/mol. The maximum atomic E-state index is 11.0. The molecule has 0 amide bonds. The fourth-order valence-corrected chi connectivity index (χ4v) is 3.45. The van der Waals surface area contributed by atoms with Gasteiger partial charge in [-0.1, -0.05) is 6.42 Å². The number of pyridine rings is 1. The fraction of sp³-hybridized carbons (Fsp3) is 0.643. The van der Waals surface area contributed by atoms with Crippen molar-refractivity contribution in [1.82, 2.24) is 9.88 Å². The van der Waals surface area contributed by atoms with E-state index < -0.39 is 4.92 Å². The van der Waals surface area contributed by atoms with Crippen molar-refractivity contribution >= 4 is 17.3 Å². The van der Waals surface area contributed by atoms with E-state index >= 15 is 0 Å². The second-order valence-corrected chi connectivity index (χ2v) is 6.01. The predicted octanol–water partition coefficient (Wildman–Crippen LogP) is 1.64. The molecule has 3 heterocycles. The molecule has 0 bridgehead atoms. The molecule has 0 radical (unpaired) electrons. The first kappa shape index (κ1) is 14.1. The molecule has 2 N–H and O–H groups in total. The van der Waals surface area contributed by atoms with Crippen LogP contribution in [0.1, 0.15) is 26.2 Å². The number of rotatable bonds is 2. The van der Waals surface area contributed by atoms with E-state index in [1.807, 2.05) is 0 Å². The highest BCUT2D eigenvalue weighted by Crippen LogP contribution is 2.29. The molecule has 2 atom stereocenters. The van der Waals surface area contributed by atoms with Gasteiger partial charge >= 0.3 is 0 Å². The summed E-state index contributed by atoms with van der Waals surface area (Å²) in [5.74, 6) is 0.830. The Morgan fingerprint density at radius 1 is 1.38 bits per heavy atom. The number of hydrogen-bond acceptors (Lipinski definition) is 6. The number of nitrogen functional groups attached to an aromatic ring is 1. The van der Waals surface area contributed by atoms with Gasteiger partial charge in [0.25, 0.3) is 5.69 Å². The Labute approximate surface area is 123 Å². The Morgan fingerprint density at radius 2 is 2.19 bits per heavy atom. The number of nitro groups is 1. The lowest BCUT2D eigenvalue weighted by atomic mass is 9.97. The molecule has 7 nitrogen and oxygen atoms in total. The third-order valence-electron chi connectivity index (χ3n) is 4.51. The SMILES string of the molecule is CC1CN2CCCCC2CN1c1cc([N+](=O)[O-])cc(N)n1. The van der Waals surface area contributed by atoms with E-state index in [4.69, 9.17) is 5.73 Å². The second kappa shape index (κ2) is 5.48. The van der Waals surface area contributed by atoms with Crippen LogP contribution in [0.4, 0.5) is 17.3 Å². The van der Waals surface area contributed by atoms with E-state index in [2.05, 4.69) is 21.7 Å². The lowest BCUT2D eigenvalue weighted by molar-refractivity contribution is -0.384. The maximum absolute atomic E-state index is 11.0. The van der Waals surface area contributed by atoms with Gasteiger partial charge in [-0.15, -0.1) is 0 Å². The summed E-state index contributed by atoms with van der Waals surface area (Å²) in [6.45, 7) is 5.15. The predicted molar refractivity (Wildman–Crippen MR) is 81.3 cm³/mol. The fourth-order valence-electron chi connectivity index (χ4n) is 3.45. The normalized spacial score (nSPS) is 26.4. The van der Waals surface area contributed by atoms with Gasteiger partial charge in [0, 0.05) is 25.2 Å². The summed E-state index contributed by atoms with van der Waals surface area (Å²) in [4.78, 5) is 19.6. The molecule has 2 aliphatic rings. The Kier molecular flexibility index (Phi) is 3.67. The number of nitrogens with zero attached hydrogens (tertiary/aromatic N) is 4. The number of nitrogens with two attached hydrogens (primary N) is 1. The third kappa shape index (κ3) is 2.78. The van der Waals surface area contributed by atoms with Gasteiger partial charge < -0.3 is 10.6 Å². The molecule has 2 unspecified atom stereocenters. The van der Waals surface area contributed by atoms with Crippen LogP contribution in [0.2, 0.25) is 0 Å². The minimum Gasteiger partial charge on any atom is -0.383 e. The minimum absolute atomic E-state index is 0.00998. The van der Waals surface area contributed by atoms with E-state index in [0.717, 1.165) is 19.6 Å². The van der Waals surface area contributed by atoms with Crippen molar-refractivity contribution in [3.05, 3.63) is 22.2 Å². The van der Waals surface area contributed by atoms with E-state index in [9.17, 15) is 10.1 Å². The van der Waals surface area contributed by atoms with Crippen molar-refractivity contribution < 1.29 is 4.92 Å². The maximum Gasteiger partial charge on any atom is 0.276 e. The van der Waals surface area contributed by atoms with Crippen LogP contribution in [0, 0.1) is 10.1 Å². The molecule has 2 aliphatic heterocycles. The zero-order valence-electron chi connectivity index (χ0n) is 12.2. The molecule has 3 rings (SSSR count). The summed E-state index contributed by atoms with van der Waals surface area (Å²) in [7, 11) is 0. The first-order chi connectivity index (χ1) is 10.0. The van der Waals surface area contributed by atoms with Crippen LogP contribution in [-0.4, -0.2) is 46.5 Å². The highest BCUT2D eigenvalue weighted by molar-refractivity contribution is 5.55. The van der Waals surface area contributed by atoms with Gasteiger partial charge in [-0.25, -0.2) is 4.98 Å². The molecule has 1 aromatic rings. The molecule has 21 heavy (non-hydrogen) atoms. The summed E-state index contributed by atoms with van der Waals surface area (Å²) < 4.78 is 0. The molecule has 1 aromatic heterocycles. The lowest BCUT2D eigenvalue weighted by Crippen LogP contribution is -2.59. The number of piperazine rings is 1. The number of fused-ring (bicyclic) bond motifs is 1. The first-order valence-corrected chi connectivity index (χ1v) is 7.47. The highest BCUT2D eigenvalue weighted by atomic mass is 16.6. The van der Waals surface area contributed by atoms with Crippen LogP contribution in [0.15, 0.2) is 12.1 Å². The largest absolute Gasteiger partial charge is 0.383 e. The smallest absolute Gasteiger partial charge is 0.276 e.